The van der Waals surface area contributed by atoms with Crippen molar-refractivity contribution in [2.75, 3.05) is 33.3 Å². The van der Waals surface area contributed by atoms with Crippen LogP contribution in [0, 0.1) is 0 Å². The molecule has 0 aromatic heterocycles. The molecule has 0 radical (unpaired) electrons. The smallest absolute Gasteiger partial charge is 0.320 e. The van der Waals surface area contributed by atoms with E-state index in [1.54, 1.807) is 7.05 Å². The van der Waals surface area contributed by atoms with E-state index in [9.17, 15) is 14.4 Å². The summed E-state index contributed by atoms with van der Waals surface area (Å²) in [6.45, 7) is 4.58. The zero-order chi connectivity index (χ0) is 16.0. The third-order valence-corrected chi connectivity index (χ3v) is 2.97. The Hall–Kier alpha value is -1.83. The van der Waals surface area contributed by atoms with Crippen LogP contribution < -0.4 is 5.32 Å². The summed E-state index contributed by atoms with van der Waals surface area (Å²) in [6.07, 6.45) is -0.639. The van der Waals surface area contributed by atoms with Gasteiger partial charge in [-0.3, -0.25) is 9.59 Å². The van der Waals surface area contributed by atoms with Crippen LogP contribution in [-0.2, 0) is 14.3 Å². The molecule has 1 unspecified atom stereocenters. The lowest BCUT2D eigenvalue weighted by molar-refractivity contribution is -0.141. The number of hydrogen-bond donors (Lipinski definition) is 2. The quantitative estimate of drug-likeness (QED) is 0.729. The van der Waals surface area contributed by atoms with E-state index in [1.807, 2.05) is 13.8 Å². The van der Waals surface area contributed by atoms with Gasteiger partial charge in [-0.15, -0.1) is 0 Å². The summed E-state index contributed by atoms with van der Waals surface area (Å²) in [4.78, 5) is 37.4. The Morgan fingerprint density at radius 1 is 1.43 bits per heavy atom. The first kappa shape index (κ1) is 17.2. The highest BCUT2D eigenvalue weighted by molar-refractivity contribution is 5.84. The van der Waals surface area contributed by atoms with E-state index in [0.717, 1.165) is 0 Å². The maximum absolute atomic E-state index is 12.2. The monoisotopic (exact) mass is 301 g/mol. The predicted octanol–water partition coefficient (Wildman–Crippen LogP) is -0.262. The van der Waals surface area contributed by atoms with Crippen molar-refractivity contribution in [1.29, 1.82) is 0 Å². The second-order valence-corrected chi connectivity index (χ2v) is 5.40. The fourth-order valence-corrected chi connectivity index (χ4v) is 2.10. The van der Waals surface area contributed by atoms with Gasteiger partial charge < -0.3 is 25.0 Å². The summed E-state index contributed by atoms with van der Waals surface area (Å²) in [5, 5.41) is 11.5. The van der Waals surface area contributed by atoms with Crippen molar-refractivity contribution in [3.63, 3.8) is 0 Å². The van der Waals surface area contributed by atoms with Gasteiger partial charge in [0.2, 0.25) is 5.91 Å². The largest absolute Gasteiger partial charge is 0.481 e. The van der Waals surface area contributed by atoms with Gasteiger partial charge in [-0.25, -0.2) is 4.79 Å². The molecule has 0 saturated carbocycles. The summed E-state index contributed by atoms with van der Waals surface area (Å²) in [5.74, 6) is -1.19. The van der Waals surface area contributed by atoms with Gasteiger partial charge in [-0.05, 0) is 13.8 Å². The number of carbonyl (C=O) groups is 3. The van der Waals surface area contributed by atoms with E-state index in [1.165, 1.54) is 9.80 Å². The highest BCUT2D eigenvalue weighted by Gasteiger charge is 2.28. The van der Waals surface area contributed by atoms with Crippen molar-refractivity contribution in [1.82, 2.24) is 15.1 Å². The van der Waals surface area contributed by atoms with Crippen LogP contribution >= 0.6 is 0 Å². The minimum Gasteiger partial charge on any atom is -0.481 e. The maximum Gasteiger partial charge on any atom is 0.320 e. The van der Waals surface area contributed by atoms with E-state index >= 15 is 0 Å². The Kier molecular flexibility index (Phi) is 6.41. The number of nitrogens with zero attached hydrogens (tertiary/aromatic N) is 2. The average Bonchev–Trinajstić information content (AvgIpc) is 2.36. The van der Waals surface area contributed by atoms with Crippen LogP contribution in [0.4, 0.5) is 4.79 Å². The number of likely N-dealkylation sites (N-methyl/N-ethyl adjacent to an activating group) is 1. The van der Waals surface area contributed by atoms with Crippen LogP contribution in [0.25, 0.3) is 0 Å². The van der Waals surface area contributed by atoms with E-state index < -0.39 is 12.1 Å². The highest BCUT2D eigenvalue weighted by atomic mass is 16.5. The number of aliphatic carboxylic acids is 1. The van der Waals surface area contributed by atoms with Crippen LogP contribution in [0.3, 0.4) is 0 Å². The number of carboxylic acid groups (broad SMARTS) is 1. The molecule has 1 aliphatic heterocycles. The molecular formula is C13H23N3O5. The highest BCUT2D eigenvalue weighted by Crippen LogP contribution is 2.10. The first-order valence-corrected chi connectivity index (χ1v) is 6.92. The van der Waals surface area contributed by atoms with Gasteiger partial charge >= 0.3 is 12.0 Å². The molecule has 0 spiro atoms. The molecular weight excluding hydrogens is 278 g/mol. The van der Waals surface area contributed by atoms with Crippen molar-refractivity contribution in [2.24, 2.45) is 0 Å². The van der Waals surface area contributed by atoms with Crippen LogP contribution in [0.5, 0.6) is 0 Å². The zero-order valence-corrected chi connectivity index (χ0v) is 12.7. The number of carbonyl (C=O) groups excluding carboxylic acids is 2. The summed E-state index contributed by atoms with van der Waals surface area (Å²) in [5.41, 5.74) is 0. The molecule has 120 valence electrons. The average molecular weight is 301 g/mol. The van der Waals surface area contributed by atoms with Gasteiger partial charge in [-0.1, -0.05) is 0 Å². The van der Waals surface area contributed by atoms with E-state index in [0.29, 0.717) is 13.2 Å². The zero-order valence-electron chi connectivity index (χ0n) is 12.7. The lowest BCUT2D eigenvalue weighted by atomic mass is 10.2. The summed E-state index contributed by atoms with van der Waals surface area (Å²) in [6, 6.07) is -0.281. The normalized spacial score (nSPS) is 18.5. The Bertz CT molecular complexity index is 399. The van der Waals surface area contributed by atoms with Gasteiger partial charge in [0.05, 0.1) is 19.1 Å². The van der Waals surface area contributed by atoms with Gasteiger partial charge in [0.25, 0.3) is 0 Å². The first-order valence-electron chi connectivity index (χ1n) is 6.92. The number of amides is 3. The van der Waals surface area contributed by atoms with Crippen molar-refractivity contribution in [2.45, 2.75) is 32.4 Å². The standard InChI is InChI=1S/C13H23N3O5/c1-9(2)14-11(17)8-15(3)13(20)16-4-5-21-10(7-16)6-12(18)19/h9-10H,4-8H2,1-3H3,(H,14,17)(H,18,19). The number of nitrogens with one attached hydrogen (secondary N) is 1. The lowest BCUT2D eigenvalue weighted by Crippen LogP contribution is -2.52. The van der Waals surface area contributed by atoms with Crippen LogP contribution in [0.1, 0.15) is 20.3 Å². The number of carboxylic acids is 1. The Labute approximate surface area is 124 Å². The second-order valence-electron chi connectivity index (χ2n) is 5.40. The molecule has 1 rings (SSSR count). The van der Waals surface area contributed by atoms with E-state index in [4.69, 9.17) is 9.84 Å². The lowest BCUT2D eigenvalue weighted by Gasteiger charge is -2.34. The molecule has 0 bridgehead atoms. The third kappa shape index (κ3) is 5.99. The Balaban J connectivity index is 2.49. The van der Waals surface area contributed by atoms with Crippen molar-refractivity contribution in [3.8, 4) is 0 Å². The fourth-order valence-electron chi connectivity index (χ4n) is 2.10. The minimum absolute atomic E-state index is 0.0179. The van der Waals surface area contributed by atoms with Gasteiger partial charge in [-0.2, -0.15) is 0 Å². The van der Waals surface area contributed by atoms with Crippen molar-refractivity contribution in [3.05, 3.63) is 0 Å². The SMILES string of the molecule is CC(C)NC(=O)CN(C)C(=O)N1CCOC(CC(=O)O)C1. The van der Waals surface area contributed by atoms with Crippen LogP contribution in [0.2, 0.25) is 0 Å². The molecule has 1 saturated heterocycles. The van der Waals surface area contributed by atoms with Gasteiger partial charge in [0.15, 0.2) is 0 Å². The third-order valence-electron chi connectivity index (χ3n) is 2.97. The van der Waals surface area contributed by atoms with Crippen LogP contribution in [-0.4, -0.2) is 78.2 Å². The predicted molar refractivity (Wildman–Crippen MR) is 74.9 cm³/mol. The second kappa shape index (κ2) is 7.82. The molecule has 21 heavy (non-hydrogen) atoms. The molecule has 0 aromatic carbocycles. The van der Waals surface area contributed by atoms with E-state index in [-0.39, 0.29) is 37.5 Å². The number of ether oxygens (including phenoxy) is 1. The minimum atomic E-state index is -0.959. The fraction of sp³-hybridized carbons (Fsp3) is 0.769. The Morgan fingerprint density at radius 2 is 2.10 bits per heavy atom. The van der Waals surface area contributed by atoms with Crippen molar-refractivity contribution < 1.29 is 24.2 Å². The molecule has 1 atom stereocenters. The summed E-state index contributed by atoms with van der Waals surface area (Å²) >= 11 is 0. The number of hydrogen-bond acceptors (Lipinski definition) is 4. The van der Waals surface area contributed by atoms with Gasteiger partial charge in [0.1, 0.15) is 6.54 Å². The summed E-state index contributed by atoms with van der Waals surface area (Å²) < 4.78 is 5.31. The molecule has 8 heteroatoms. The van der Waals surface area contributed by atoms with Crippen molar-refractivity contribution >= 4 is 17.9 Å². The molecule has 2 N–H and O–H groups in total. The Morgan fingerprint density at radius 3 is 2.67 bits per heavy atom. The first-order chi connectivity index (χ1) is 9.79. The molecule has 1 heterocycles. The number of morpholine rings is 1. The summed E-state index contributed by atoms with van der Waals surface area (Å²) in [7, 11) is 1.55. The number of rotatable bonds is 5. The molecule has 1 aliphatic rings. The van der Waals surface area contributed by atoms with E-state index in [2.05, 4.69) is 5.32 Å². The topological polar surface area (TPSA) is 99.2 Å². The van der Waals surface area contributed by atoms with Gasteiger partial charge in [0, 0.05) is 26.2 Å². The molecule has 1 fully saturated rings. The molecule has 3 amide bonds. The maximum atomic E-state index is 12.2. The molecule has 0 aliphatic carbocycles. The molecule has 8 nitrogen and oxygen atoms in total. The number of urea groups is 1. The molecule has 0 aromatic rings. The van der Waals surface area contributed by atoms with Crippen LogP contribution in [0.15, 0.2) is 0 Å².